The fraction of sp³-hybridized carbons (Fsp3) is 0.947. The first-order valence-electron chi connectivity index (χ1n) is 9.99. The van der Waals surface area contributed by atoms with E-state index in [1.165, 1.54) is 0 Å². The largest absolute Gasteiger partial charge is 0.500 e. The van der Waals surface area contributed by atoms with E-state index in [-0.39, 0.29) is 5.97 Å². The molecule has 0 aromatic carbocycles. The molecular formula is C19H42NO5SSi+. The van der Waals surface area contributed by atoms with Crippen molar-refractivity contribution in [3.05, 3.63) is 0 Å². The van der Waals surface area contributed by atoms with Crippen molar-refractivity contribution in [3.8, 4) is 0 Å². The van der Waals surface area contributed by atoms with Crippen LogP contribution < -0.4 is 0 Å². The van der Waals surface area contributed by atoms with Crippen molar-refractivity contribution >= 4 is 26.5 Å². The molecule has 0 fully saturated rings. The van der Waals surface area contributed by atoms with Crippen molar-refractivity contribution in [1.29, 1.82) is 0 Å². The Labute approximate surface area is 172 Å². The molecule has 0 saturated heterocycles. The standard InChI is InChI=1S/C19H42NO5SSi/c1-9-23-27(24-10-2,25-11-3)16-12-15-26-17-19(4,5)18(21)22-14-13-20(6,7)8/h9-17H2,1-8H3/q+1. The van der Waals surface area contributed by atoms with Crippen molar-refractivity contribution in [2.75, 3.05) is 65.6 Å². The molecule has 6 nitrogen and oxygen atoms in total. The average molecular weight is 425 g/mol. The molecule has 0 unspecified atom stereocenters. The molecule has 0 rings (SSSR count). The molecule has 0 aromatic rings. The van der Waals surface area contributed by atoms with E-state index in [0.29, 0.717) is 26.4 Å². The van der Waals surface area contributed by atoms with E-state index in [2.05, 4.69) is 21.1 Å². The van der Waals surface area contributed by atoms with Gasteiger partial charge in [0.25, 0.3) is 0 Å². The predicted octanol–water partition coefficient (Wildman–Crippen LogP) is 3.43. The number of hydrogen-bond donors (Lipinski definition) is 0. The van der Waals surface area contributed by atoms with Gasteiger partial charge in [0.2, 0.25) is 0 Å². The number of rotatable bonds is 16. The lowest BCUT2D eigenvalue weighted by Crippen LogP contribution is -2.46. The van der Waals surface area contributed by atoms with Gasteiger partial charge >= 0.3 is 14.8 Å². The number of likely N-dealkylation sites (N-methyl/N-ethyl adjacent to an activating group) is 1. The van der Waals surface area contributed by atoms with Gasteiger partial charge in [-0.3, -0.25) is 4.79 Å². The van der Waals surface area contributed by atoms with Crippen LogP contribution in [0.25, 0.3) is 0 Å². The van der Waals surface area contributed by atoms with Gasteiger partial charge in [0.05, 0.1) is 26.6 Å². The molecule has 0 amide bonds. The molecule has 0 aliphatic rings. The van der Waals surface area contributed by atoms with Gasteiger partial charge in [-0.25, -0.2) is 0 Å². The van der Waals surface area contributed by atoms with Crippen LogP contribution >= 0.6 is 11.8 Å². The Hall–Kier alpha value is -0.123. The Morgan fingerprint density at radius 2 is 1.52 bits per heavy atom. The molecule has 0 atom stereocenters. The van der Waals surface area contributed by atoms with Crippen LogP contribution in [0.5, 0.6) is 0 Å². The van der Waals surface area contributed by atoms with E-state index in [1.54, 1.807) is 11.8 Å². The molecule has 0 spiro atoms. The second kappa shape index (κ2) is 13.2. The van der Waals surface area contributed by atoms with Crippen molar-refractivity contribution in [1.82, 2.24) is 0 Å². The molecule has 162 valence electrons. The van der Waals surface area contributed by atoms with Crippen LogP contribution in [-0.2, 0) is 22.8 Å². The number of hydrogen-bond acceptors (Lipinski definition) is 6. The highest BCUT2D eigenvalue weighted by Crippen LogP contribution is 2.26. The Balaban J connectivity index is 4.29. The second-order valence-electron chi connectivity index (χ2n) is 8.17. The van der Waals surface area contributed by atoms with Gasteiger partial charge < -0.3 is 22.5 Å². The summed E-state index contributed by atoms with van der Waals surface area (Å²) in [4.78, 5) is 12.3. The van der Waals surface area contributed by atoms with Gasteiger partial charge in [0.15, 0.2) is 0 Å². The lowest BCUT2D eigenvalue weighted by atomic mass is 9.97. The Bertz CT molecular complexity index is 398. The Morgan fingerprint density at radius 1 is 1.00 bits per heavy atom. The van der Waals surface area contributed by atoms with E-state index in [0.717, 1.165) is 35.0 Å². The summed E-state index contributed by atoms with van der Waals surface area (Å²) < 4.78 is 23.9. The third-order valence-electron chi connectivity index (χ3n) is 3.88. The number of thioether (sulfide) groups is 1. The molecule has 0 radical (unpaired) electrons. The minimum atomic E-state index is -2.56. The van der Waals surface area contributed by atoms with Gasteiger partial charge in [-0.05, 0) is 46.8 Å². The normalized spacial score (nSPS) is 13.0. The zero-order valence-corrected chi connectivity index (χ0v) is 20.6. The molecule has 0 aliphatic carbocycles. The van der Waals surface area contributed by atoms with E-state index in [9.17, 15) is 4.79 Å². The number of carbonyl (C=O) groups excluding carboxylic acids is 1. The minimum absolute atomic E-state index is 0.120. The highest BCUT2D eigenvalue weighted by molar-refractivity contribution is 7.99. The predicted molar refractivity (Wildman–Crippen MR) is 115 cm³/mol. The van der Waals surface area contributed by atoms with Gasteiger partial charge in [0.1, 0.15) is 13.2 Å². The summed E-state index contributed by atoms with van der Waals surface area (Å²) in [5.74, 6) is 1.56. The molecule has 27 heavy (non-hydrogen) atoms. The van der Waals surface area contributed by atoms with E-state index >= 15 is 0 Å². The third kappa shape index (κ3) is 12.1. The fourth-order valence-electron chi connectivity index (χ4n) is 2.39. The van der Waals surface area contributed by atoms with Crippen molar-refractivity contribution in [2.45, 2.75) is 47.1 Å². The summed E-state index contributed by atoms with van der Waals surface area (Å²) in [5.41, 5.74) is -0.482. The lowest BCUT2D eigenvalue weighted by Gasteiger charge is -2.28. The van der Waals surface area contributed by atoms with Gasteiger partial charge in [-0.15, -0.1) is 0 Å². The highest BCUT2D eigenvalue weighted by atomic mass is 32.2. The fourth-order valence-corrected chi connectivity index (χ4v) is 6.38. The van der Waals surface area contributed by atoms with E-state index < -0.39 is 14.2 Å². The van der Waals surface area contributed by atoms with Gasteiger partial charge in [-0.2, -0.15) is 11.8 Å². The molecular weight excluding hydrogens is 382 g/mol. The lowest BCUT2D eigenvalue weighted by molar-refractivity contribution is -0.870. The summed E-state index contributed by atoms with van der Waals surface area (Å²) in [6.07, 6.45) is 0.948. The maximum absolute atomic E-state index is 12.3. The molecule has 0 heterocycles. The monoisotopic (exact) mass is 424 g/mol. The molecule has 0 aromatic heterocycles. The molecule has 0 N–H and O–H groups in total. The number of nitrogens with zero attached hydrogens (tertiary/aromatic N) is 1. The third-order valence-corrected chi connectivity index (χ3v) is 8.53. The molecule has 0 aliphatic heterocycles. The second-order valence-corrected chi connectivity index (χ2v) is 12.0. The first-order valence-corrected chi connectivity index (χ1v) is 13.1. The van der Waals surface area contributed by atoms with Crippen LogP contribution in [0, 0.1) is 5.41 Å². The first kappa shape index (κ1) is 26.9. The summed E-state index contributed by atoms with van der Waals surface area (Å²) in [6.45, 7) is 12.9. The van der Waals surface area contributed by atoms with E-state index in [1.807, 2.05) is 34.6 Å². The van der Waals surface area contributed by atoms with Crippen LogP contribution in [0.1, 0.15) is 41.0 Å². The zero-order chi connectivity index (χ0) is 21.0. The minimum Gasteiger partial charge on any atom is -0.459 e. The smallest absolute Gasteiger partial charge is 0.459 e. The van der Waals surface area contributed by atoms with Crippen LogP contribution in [-0.4, -0.2) is 84.9 Å². The summed E-state index contributed by atoms with van der Waals surface area (Å²) in [7, 11) is 3.71. The van der Waals surface area contributed by atoms with Crippen LogP contribution in [0.4, 0.5) is 0 Å². The van der Waals surface area contributed by atoms with Crippen molar-refractivity contribution in [3.63, 3.8) is 0 Å². The van der Waals surface area contributed by atoms with Crippen molar-refractivity contribution < 1.29 is 27.3 Å². The molecule has 0 bridgehead atoms. The van der Waals surface area contributed by atoms with E-state index in [4.69, 9.17) is 18.0 Å². The summed E-state index contributed by atoms with van der Waals surface area (Å²) in [6, 6.07) is 0.809. The first-order chi connectivity index (χ1) is 12.5. The number of quaternary nitrogens is 1. The summed E-state index contributed by atoms with van der Waals surface area (Å²) >= 11 is 1.77. The maximum atomic E-state index is 12.3. The highest BCUT2D eigenvalue weighted by Gasteiger charge is 2.39. The molecule has 8 heteroatoms. The van der Waals surface area contributed by atoms with Crippen molar-refractivity contribution in [2.24, 2.45) is 5.41 Å². The Kier molecular flexibility index (Phi) is 13.1. The van der Waals surface area contributed by atoms with Gasteiger partial charge in [-0.1, -0.05) is 0 Å². The topological polar surface area (TPSA) is 54.0 Å². The maximum Gasteiger partial charge on any atom is 0.500 e. The average Bonchev–Trinajstić information content (AvgIpc) is 2.54. The van der Waals surface area contributed by atoms with Crippen LogP contribution in [0.3, 0.4) is 0 Å². The number of ether oxygens (including phenoxy) is 1. The number of carbonyl (C=O) groups is 1. The van der Waals surface area contributed by atoms with Crippen LogP contribution in [0.2, 0.25) is 6.04 Å². The Morgan fingerprint density at radius 3 is 1.96 bits per heavy atom. The summed E-state index contributed by atoms with van der Waals surface area (Å²) in [5, 5.41) is 0. The number of esters is 1. The van der Waals surface area contributed by atoms with Gasteiger partial charge in [0, 0.05) is 31.6 Å². The van der Waals surface area contributed by atoms with Crippen LogP contribution in [0.15, 0.2) is 0 Å². The zero-order valence-electron chi connectivity index (χ0n) is 18.8. The quantitative estimate of drug-likeness (QED) is 0.164. The SMILES string of the molecule is CCO[Si](CCCSCC(C)(C)C(=O)OCC[N+](C)(C)C)(OCC)OCC. The molecule has 0 saturated carbocycles.